The molecule has 3 heterocycles. The van der Waals surface area contributed by atoms with Crippen molar-refractivity contribution < 1.29 is 13.7 Å². The van der Waals surface area contributed by atoms with Gasteiger partial charge >= 0.3 is 0 Å². The molecular formula is C18H22FN3O2. The minimum Gasteiger partial charge on any atom is -0.381 e. The van der Waals surface area contributed by atoms with E-state index < -0.39 is 0 Å². The van der Waals surface area contributed by atoms with Crippen LogP contribution in [0.25, 0.3) is 11.4 Å². The third-order valence-corrected chi connectivity index (χ3v) is 5.16. The Morgan fingerprint density at radius 2 is 2.25 bits per heavy atom. The van der Waals surface area contributed by atoms with Crippen molar-refractivity contribution >= 4 is 0 Å². The average molecular weight is 331 g/mol. The fourth-order valence-corrected chi connectivity index (χ4v) is 3.81. The van der Waals surface area contributed by atoms with Crippen LogP contribution in [0.5, 0.6) is 0 Å². The summed E-state index contributed by atoms with van der Waals surface area (Å²) in [6, 6.07) is 4.86. The van der Waals surface area contributed by atoms with E-state index in [2.05, 4.69) is 15.0 Å². The van der Waals surface area contributed by atoms with Crippen molar-refractivity contribution in [2.24, 2.45) is 5.41 Å². The molecule has 5 nitrogen and oxygen atoms in total. The summed E-state index contributed by atoms with van der Waals surface area (Å²) in [5.74, 6) is 0.906. The third-order valence-electron chi connectivity index (χ3n) is 5.16. The van der Waals surface area contributed by atoms with E-state index in [1.54, 1.807) is 19.1 Å². The standard InChI is InChI=1S/C18H22FN3O2/c1-13-9-14(3-4-15(13)19)17-20-16(24-21-17)10-22-7-6-18(11-22)5-2-8-23-12-18/h3-4,9H,2,5-8,10-12H2,1H3. The van der Waals surface area contributed by atoms with Gasteiger partial charge in [0.25, 0.3) is 0 Å². The highest BCUT2D eigenvalue weighted by molar-refractivity contribution is 5.55. The van der Waals surface area contributed by atoms with E-state index in [0.717, 1.165) is 38.3 Å². The molecule has 24 heavy (non-hydrogen) atoms. The lowest BCUT2D eigenvalue weighted by Crippen LogP contribution is -2.34. The Labute approximate surface area is 140 Å². The molecule has 1 aromatic heterocycles. The van der Waals surface area contributed by atoms with Crippen molar-refractivity contribution in [3.8, 4) is 11.4 Å². The van der Waals surface area contributed by atoms with Gasteiger partial charge in [0.05, 0.1) is 13.2 Å². The minimum atomic E-state index is -0.223. The number of benzene rings is 1. The number of likely N-dealkylation sites (tertiary alicyclic amines) is 1. The minimum absolute atomic E-state index is 0.223. The van der Waals surface area contributed by atoms with E-state index in [0.29, 0.717) is 29.2 Å². The van der Waals surface area contributed by atoms with Gasteiger partial charge in [0.1, 0.15) is 5.82 Å². The molecule has 0 radical (unpaired) electrons. The molecule has 2 aliphatic rings. The van der Waals surface area contributed by atoms with Crippen molar-refractivity contribution in [3.05, 3.63) is 35.5 Å². The van der Waals surface area contributed by atoms with E-state index in [1.807, 2.05) is 0 Å². The molecule has 2 saturated heterocycles. The normalized spacial score (nSPS) is 24.8. The van der Waals surface area contributed by atoms with Gasteiger partial charge in [-0.25, -0.2) is 4.39 Å². The molecule has 1 unspecified atom stereocenters. The predicted molar refractivity (Wildman–Crippen MR) is 86.8 cm³/mol. The molecule has 128 valence electrons. The molecular weight excluding hydrogens is 309 g/mol. The fraction of sp³-hybridized carbons (Fsp3) is 0.556. The Kier molecular flexibility index (Phi) is 4.10. The van der Waals surface area contributed by atoms with Crippen molar-refractivity contribution in [2.75, 3.05) is 26.3 Å². The third kappa shape index (κ3) is 3.08. The molecule has 1 aromatic carbocycles. The van der Waals surface area contributed by atoms with Gasteiger partial charge in [0.2, 0.25) is 11.7 Å². The second-order valence-corrected chi connectivity index (χ2v) is 7.09. The first-order chi connectivity index (χ1) is 11.6. The second-order valence-electron chi connectivity index (χ2n) is 7.09. The summed E-state index contributed by atoms with van der Waals surface area (Å²) >= 11 is 0. The van der Waals surface area contributed by atoms with E-state index in [4.69, 9.17) is 9.26 Å². The zero-order valence-corrected chi connectivity index (χ0v) is 13.9. The number of hydrogen-bond acceptors (Lipinski definition) is 5. The van der Waals surface area contributed by atoms with Crippen molar-refractivity contribution in [1.29, 1.82) is 0 Å². The predicted octanol–water partition coefficient (Wildman–Crippen LogP) is 3.19. The van der Waals surface area contributed by atoms with Gasteiger partial charge in [-0.1, -0.05) is 5.16 Å². The maximum atomic E-state index is 13.4. The monoisotopic (exact) mass is 331 g/mol. The molecule has 6 heteroatoms. The molecule has 0 saturated carbocycles. The van der Waals surface area contributed by atoms with Crippen LogP contribution in [-0.2, 0) is 11.3 Å². The lowest BCUT2D eigenvalue weighted by Gasteiger charge is -2.33. The zero-order chi connectivity index (χ0) is 16.6. The van der Waals surface area contributed by atoms with Gasteiger partial charge in [0.15, 0.2) is 0 Å². The molecule has 2 aliphatic heterocycles. The topological polar surface area (TPSA) is 51.4 Å². The van der Waals surface area contributed by atoms with Crippen LogP contribution in [0.3, 0.4) is 0 Å². The Morgan fingerprint density at radius 1 is 1.33 bits per heavy atom. The van der Waals surface area contributed by atoms with Crippen LogP contribution in [0.1, 0.15) is 30.7 Å². The number of halogens is 1. The van der Waals surface area contributed by atoms with Gasteiger partial charge in [-0.3, -0.25) is 4.90 Å². The van der Waals surface area contributed by atoms with Crippen molar-refractivity contribution in [1.82, 2.24) is 15.0 Å². The molecule has 0 amide bonds. The van der Waals surface area contributed by atoms with E-state index in [1.165, 1.54) is 18.9 Å². The summed E-state index contributed by atoms with van der Waals surface area (Å²) in [6.45, 7) is 6.22. The zero-order valence-electron chi connectivity index (χ0n) is 13.9. The number of aromatic nitrogens is 2. The summed E-state index contributed by atoms with van der Waals surface area (Å²) < 4.78 is 24.5. The maximum absolute atomic E-state index is 13.4. The Bertz CT molecular complexity index is 725. The Morgan fingerprint density at radius 3 is 3.04 bits per heavy atom. The molecule has 4 rings (SSSR count). The van der Waals surface area contributed by atoms with Gasteiger partial charge < -0.3 is 9.26 Å². The van der Waals surface area contributed by atoms with Gasteiger partial charge in [0, 0.05) is 24.1 Å². The summed E-state index contributed by atoms with van der Waals surface area (Å²) in [6.07, 6.45) is 3.57. The van der Waals surface area contributed by atoms with Crippen LogP contribution in [0.15, 0.2) is 22.7 Å². The van der Waals surface area contributed by atoms with Crippen LogP contribution in [0.2, 0.25) is 0 Å². The van der Waals surface area contributed by atoms with E-state index >= 15 is 0 Å². The van der Waals surface area contributed by atoms with Crippen LogP contribution in [0.4, 0.5) is 4.39 Å². The van der Waals surface area contributed by atoms with Crippen LogP contribution in [-0.4, -0.2) is 41.3 Å². The highest BCUT2D eigenvalue weighted by Gasteiger charge is 2.39. The lowest BCUT2D eigenvalue weighted by molar-refractivity contribution is -0.00288. The van der Waals surface area contributed by atoms with E-state index in [9.17, 15) is 4.39 Å². The molecule has 2 fully saturated rings. The Hall–Kier alpha value is -1.79. The molecule has 1 spiro atoms. The highest BCUT2D eigenvalue weighted by atomic mass is 19.1. The molecule has 0 bridgehead atoms. The summed E-state index contributed by atoms with van der Waals surface area (Å²) in [5.41, 5.74) is 1.68. The maximum Gasteiger partial charge on any atom is 0.241 e. The first kappa shape index (κ1) is 15.7. The number of ether oxygens (including phenoxy) is 1. The largest absolute Gasteiger partial charge is 0.381 e. The number of rotatable bonds is 3. The number of aryl methyl sites for hydroxylation is 1. The summed E-state index contributed by atoms with van der Waals surface area (Å²) in [4.78, 5) is 6.84. The first-order valence-corrected chi connectivity index (χ1v) is 8.53. The van der Waals surface area contributed by atoms with E-state index in [-0.39, 0.29) is 5.82 Å². The fourth-order valence-electron chi connectivity index (χ4n) is 3.81. The quantitative estimate of drug-likeness (QED) is 0.864. The molecule has 0 aliphatic carbocycles. The first-order valence-electron chi connectivity index (χ1n) is 8.53. The highest BCUT2D eigenvalue weighted by Crippen LogP contribution is 2.38. The smallest absolute Gasteiger partial charge is 0.241 e. The molecule has 1 atom stereocenters. The van der Waals surface area contributed by atoms with Gasteiger partial charge in [-0.2, -0.15) is 4.98 Å². The van der Waals surface area contributed by atoms with Crippen molar-refractivity contribution in [2.45, 2.75) is 32.7 Å². The lowest BCUT2D eigenvalue weighted by atomic mass is 9.82. The molecule has 2 aromatic rings. The number of hydrogen-bond donors (Lipinski definition) is 0. The SMILES string of the molecule is Cc1cc(-c2noc(CN3CCC4(CCCOC4)C3)n2)ccc1F. The van der Waals surface area contributed by atoms with Crippen molar-refractivity contribution in [3.63, 3.8) is 0 Å². The summed E-state index contributed by atoms with van der Waals surface area (Å²) in [5, 5.41) is 4.04. The molecule has 0 N–H and O–H groups in total. The van der Waals surface area contributed by atoms with Gasteiger partial charge in [-0.15, -0.1) is 0 Å². The average Bonchev–Trinajstić information content (AvgIpc) is 3.19. The van der Waals surface area contributed by atoms with Crippen LogP contribution in [0, 0.1) is 18.2 Å². The van der Waals surface area contributed by atoms with Crippen LogP contribution < -0.4 is 0 Å². The number of nitrogens with zero attached hydrogens (tertiary/aromatic N) is 3. The van der Waals surface area contributed by atoms with Crippen LogP contribution >= 0.6 is 0 Å². The Balaban J connectivity index is 1.43. The van der Waals surface area contributed by atoms with Gasteiger partial charge in [-0.05, 0) is 56.5 Å². The second kappa shape index (κ2) is 6.26. The summed E-state index contributed by atoms with van der Waals surface area (Å²) in [7, 11) is 0.